The Morgan fingerprint density at radius 3 is 2.32 bits per heavy atom. The van der Waals surface area contributed by atoms with E-state index in [0.29, 0.717) is 18.1 Å². The molecule has 0 aliphatic carbocycles. The lowest BCUT2D eigenvalue weighted by molar-refractivity contribution is -0.179. The fraction of sp³-hybridized carbons (Fsp3) is 0.474. The van der Waals surface area contributed by atoms with Gasteiger partial charge in [-0.2, -0.15) is 0 Å². The molecule has 2 heterocycles. The first-order valence-electron chi connectivity index (χ1n) is 8.94. The predicted molar refractivity (Wildman–Crippen MR) is 95.1 cm³/mol. The summed E-state index contributed by atoms with van der Waals surface area (Å²) in [5.74, 6) is -3.13. The zero-order chi connectivity index (χ0) is 20.5. The van der Waals surface area contributed by atoms with Crippen molar-refractivity contribution in [3.05, 3.63) is 35.4 Å². The molecule has 0 saturated carbocycles. The highest BCUT2D eigenvalue weighted by Gasteiger charge is 2.42. The normalized spacial score (nSPS) is 21.9. The van der Waals surface area contributed by atoms with Crippen LogP contribution in [0.25, 0.3) is 0 Å². The summed E-state index contributed by atoms with van der Waals surface area (Å²) in [7, 11) is 0. The summed E-state index contributed by atoms with van der Waals surface area (Å²) in [5.41, 5.74) is -0.349. The van der Waals surface area contributed by atoms with Gasteiger partial charge in [-0.1, -0.05) is 17.2 Å². The quantitative estimate of drug-likeness (QED) is 0.782. The molecule has 0 bridgehead atoms. The molecule has 150 valence electrons. The van der Waals surface area contributed by atoms with Gasteiger partial charge in [0.1, 0.15) is 11.5 Å². The standard InChI is InChI=1S/C19H22N2O7/c1-19(2,3)27-18(25)20-14-8-9-26-10-13(14)17(24)28-21-15(22)11-6-4-5-7-12(11)16(21)23/h4-7,13-14H,8-10H2,1-3H3,(H,20,25)/t13-,14-/m0/s1. The van der Waals surface area contributed by atoms with Crippen LogP contribution in [0.2, 0.25) is 0 Å². The summed E-state index contributed by atoms with van der Waals surface area (Å²) in [5, 5.41) is 3.09. The molecule has 1 N–H and O–H groups in total. The van der Waals surface area contributed by atoms with Crippen molar-refractivity contribution >= 4 is 23.9 Å². The van der Waals surface area contributed by atoms with E-state index in [1.807, 2.05) is 0 Å². The average Bonchev–Trinajstić information content (AvgIpc) is 2.86. The van der Waals surface area contributed by atoms with E-state index in [4.69, 9.17) is 14.3 Å². The largest absolute Gasteiger partial charge is 0.444 e. The van der Waals surface area contributed by atoms with Gasteiger partial charge in [0.2, 0.25) is 0 Å². The van der Waals surface area contributed by atoms with E-state index in [9.17, 15) is 19.2 Å². The van der Waals surface area contributed by atoms with E-state index >= 15 is 0 Å². The molecule has 9 heteroatoms. The summed E-state index contributed by atoms with van der Waals surface area (Å²) in [6, 6.07) is 5.60. The van der Waals surface area contributed by atoms with Crippen LogP contribution in [0.3, 0.4) is 0 Å². The number of ether oxygens (including phenoxy) is 2. The third-order valence-corrected chi connectivity index (χ3v) is 4.30. The number of rotatable bonds is 3. The number of benzene rings is 1. The molecule has 0 radical (unpaired) electrons. The van der Waals surface area contributed by atoms with E-state index in [1.54, 1.807) is 32.9 Å². The van der Waals surface area contributed by atoms with E-state index in [1.165, 1.54) is 12.1 Å². The number of imide groups is 1. The van der Waals surface area contributed by atoms with Gasteiger partial charge in [-0.15, -0.1) is 0 Å². The monoisotopic (exact) mass is 390 g/mol. The van der Waals surface area contributed by atoms with Gasteiger partial charge < -0.3 is 19.6 Å². The van der Waals surface area contributed by atoms with E-state index in [0.717, 1.165) is 0 Å². The molecule has 0 aromatic heterocycles. The van der Waals surface area contributed by atoms with Gasteiger partial charge in [-0.3, -0.25) is 9.59 Å². The van der Waals surface area contributed by atoms with Crippen LogP contribution in [0.15, 0.2) is 24.3 Å². The number of nitrogens with one attached hydrogen (secondary N) is 1. The maximum atomic E-state index is 12.6. The van der Waals surface area contributed by atoms with Crippen LogP contribution in [0.5, 0.6) is 0 Å². The van der Waals surface area contributed by atoms with Gasteiger partial charge in [-0.05, 0) is 39.3 Å². The molecule has 1 saturated heterocycles. The van der Waals surface area contributed by atoms with Crippen molar-refractivity contribution in [2.45, 2.75) is 38.8 Å². The molecule has 3 rings (SSSR count). The smallest absolute Gasteiger partial charge is 0.407 e. The first-order chi connectivity index (χ1) is 13.2. The van der Waals surface area contributed by atoms with Gasteiger partial charge in [0.25, 0.3) is 11.8 Å². The van der Waals surface area contributed by atoms with E-state index in [2.05, 4.69) is 5.32 Å². The van der Waals surface area contributed by atoms with E-state index in [-0.39, 0.29) is 17.7 Å². The summed E-state index contributed by atoms with van der Waals surface area (Å²) in [4.78, 5) is 54.5. The molecule has 1 fully saturated rings. The lowest BCUT2D eigenvalue weighted by atomic mass is 9.96. The van der Waals surface area contributed by atoms with Crippen LogP contribution in [0, 0.1) is 5.92 Å². The Labute approximate surface area is 161 Å². The van der Waals surface area contributed by atoms with Crippen LogP contribution in [-0.4, -0.2) is 53.8 Å². The molecule has 0 spiro atoms. The van der Waals surface area contributed by atoms with Crippen molar-refractivity contribution in [2.75, 3.05) is 13.2 Å². The van der Waals surface area contributed by atoms with Crippen LogP contribution >= 0.6 is 0 Å². The van der Waals surface area contributed by atoms with Crippen molar-refractivity contribution in [2.24, 2.45) is 5.92 Å². The lowest BCUT2D eigenvalue weighted by Gasteiger charge is -2.31. The number of carbonyl (C=O) groups excluding carboxylic acids is 4. The average molecular weight is 390 g/mol. The molecule has 1 aromatic carbocycles. The van der Waals surface area contributed by atoms with Gasteiger partial charge >= 0.3 is 12.1 Å². The molecule has 2 aliphatic rings. The summed E-state index contributed by atoms with van der Waals surface area (Å²) >= 11 is 0. The van der Waals surface area contributed by atoms with Crippen LogP contribution in [0.4, 0.5) is 4.79 Å². The Morgan fingerprint density at radius 1 is 1.14 bits per heavy atom. The highest BCUT2D eigenvalue weighted by atomic mass is 16.7. The van der Waals surface area contributed by atoms with Gasteiger partial charge in [0.05, 0.1) is 23.8 Å². The number of fused-ring (bicyclic) bond motifs is 1. The van der Waals surface area contributed by atoms with Crippen molar-refractivity contribution in [3.63, 3.8) is 0 Å². The minimum Gasteiger partial charge on any atom is -0.444 e. The summed E-state index contributed by atoms with van der Waals surface area (Å²) in [6.07, 6.45) is -0.306. The fourth-order valence-electron chi connectivity index (χ4n) is 3.01. The first-order valence-corrected chi connectivity index (χ1v) is 8.94. The number of nitrogens with zero attached hydrogens (tertiary/aromatic N) is 1. The molecular formula is C19H22N2O7. The molecule has 1 aromatic rings. The highest BCUT2D eigenvalue weighted by Crippen LogP contribution is 2.25. The number of amides is 3. The van der Waals surface area contributed by atoms with Crippen molar-refractivity contribution in [1.82, 2.24) is 10.4 Å². The minimum atomic E-state index is -0.884. The molecule has 28 heavy (non-hydrogen) atoms. The molecule has 3 amide bonds. The Bertz CT molecular complexity index is 780. The molecule has 0 unspecified atom stereocenters. The van der Waals surface area contributed by atoms with Crippen molar-refractivity contribution in [1.29, 1.82) is 0 Å². The molecule has 2 aliphatic heterocycles. The maximum absolute atomic E-state index is 12.6. The number of hydrogen-bond acceptors (Lipinski definition) is 7. The van der Waals surface area contributed by atoms with Gasteiger partial charge in [0, 0.05) is 6.61 Å². The third kappa shape index (κ3) is 4.14. The Hall–Kier alpha value is -2.94. The second kappa shape index (κ2) is 7.59. The van der Waals surface area contributed by atoms with E-state index < -0.39 is 41.4 Å². The van der Waals surface area contributed by atoms with Crippen molar-refractivity contribution < 1.29 is 33.5 Å². The minimum absolute atomic E-state index is 0.0114. The number of carbonyl (C=O) groups is 4. The lowest BCUT2D eigenvalue weighted by Crippen LogP contribution is -2.51. The molecule has 2 atom stereocenters. The van der Waals surface area contributed by atoms with Crippen LogP contribution < -0.4 is 5.32 Å². The Kier molecular flexibility index (Phi) is 5.37. The Balaban J connectivity index is 1.68. The molecular weight excluding hydrogens is 368 g/mol. The number of hydroxylamine groups is 2. The SMILES string of the molecule is CC(C)(C)OC(=O)N[C@H]1CCOC[C@@H]1C(=O)ON1C(=O)c2ccccc2C1=O. The first kappa shape index (κ1) is 19.8. The molecule has 9 nitrogen and oxygen atoms in total. The topological polar surface area (TPSA) is 111 Å². The number of hydrogen-bond donors (Lipinski definition) is 1. The van der Waals surface area contributed by atoms with Crippen molar-refractivity contribution in [3.8, 4) is 0 Å². The summed E-state index contributed by atoms with van der Waals surface area (Å²) < 4.78 is 10.5. The van der Waals surface area contributed by atoms with Gasteiger partial charge in [-0.25, -0.2) is 9.59 Å². The third-order valence-electron chi connectivity index (χ3n) is 4.30. The second-order valence-electron chi connectivity index (χ2n) is 7.58. The Morgan fingerprint density at radius 2 is 1.75 bits per heavy atom. The zero-order valence-corrected chi connectivity index (χ0v) is 15.9. The predicted octanol–water partition coefficient (Wildman–Crippen LogP) is 1.67. The van der Waals surface area contributed by atoms with Crippen LogP contribution in [0.1, 0.15) is 47.9 Å². The maximum Gasteiger partial charge on any atom is 0.407 e. The van der Waals surface area contributed by atoms with Gasteiger partial charge in [0.15, 0.2) is 0 Å². The fourth-order valence-corrected chi connectivity index (χ4v) is 3.01. The van der Waals surface area contributed by atoms with Crippen LogP contribution in [-0.2, 0) is 19.1 Å². The zero-order valence-electron chi connectivity index (χ0n) is 15.9. The second-order valence-corrected chi connectivity index (χ2v) is 7.58. The number of alkyl carbamates (subject to hydrolysis) is 1. The highest BCUT2D eigenvalue weighted by molar-refractivity contribution is 6.20. The summed E-state index contributed by atoms with van der Waals surface area (Å²) in [6.45, 7) is 5.51.